The van der Waals surface area contributed by atoms with Crippen LogP contribution in [-0.2, 0) is 4.74 Å². The van der Waals surface area contributed by atoms with Crippen molar-refractivity contribution in [2.45, 2.75) is 18.4 Å². The van der Waals surface area contributed by atoms with Crippen molar-refractivity contribution in [1.29, 1.82) is 0 Å². The molecule has 0 aliphatic carbocycles. The van der Waals surface area contributed by atoms with Crippen molar-refractivity contribution in [1.82, 2.24) is 19.5 Å². The molecule has 3 rings (SSSR count). The molecule has 0 unspecified atom stereocenters. The monoisotopic (exact) mass is 285 g/mol. The number of nitrogens with zero attached hydrogens (tertiary/aromatic N) is 4. The van der Waals surface area contributed by atoms with Crippen LogP contribution in [0.25, 0.3) is 11.2 Å². The van der Waals surface area contributed by atoms with E-state index in [-0.39, 0.29) is 17.0 Å². The van der Waals surface area contributed by atoms with Gasteiger partial charge in [0.15, 0.2) is 17.2 Å². The van der Waals surface area contributed by atoms with Gasteiger partial charge >= 0.3 is 6.08 Å². The summed E-state index contributed by atoms with van der Waals surface area (Å²) in [6.07, 6.45) is -4.49. The van der Waals surface area contributed by atoms with Gasteiger partial charge in [-0.25, -0.2) is 15.0 Å². The molecule has 3 atom stereocenters. The number of aliphatic hydroxyl groups is 2. The third-order valence-electron chi connectivity index (χ3n) is 2.98. The number of nitrogen functional groups attached to an aromatic ring is 1. The third kappa shape index (κ3) is 1.69. The fourth-order valence-corrected chi connectivity index (χ4v) is 2.01. The fourth-order valence-electron chi connectivity index (χ4n) is 2.01. The van der Waals surface area contributed by atoms with E-state index in [2.05, 4.69) is 15.0 Å². The first kappa shape index (κ1) is 12.7. The Morgan fingerprint density at radius 3 is 2.70 bits per heavy atom. The number of hydrogen-bond acceptors (Lipinski definition) is 7. The van der Waals surface area contributed by atoms with Crippen LogP contribution in [0.1, 0.15) is 6.23 Å². The van der Waals surface area contributed by atoms with E-state index in [1.54, 1.807) is 0 Å². The van der Waals surface area contributed by atoms with Crippen LogP contribution in [0.2, 0.25) is 0 Å². The molecule has 10 heteroatoms. The van der Waals surface area contributed by atoms with Crippen LogP contribution in [0.15, 0.2) is 24.5 Å². The van der Waals surface area contributed by atoms with Crippen LogP contribution in [-0.4, -0.2) is 41.9 Å². The summed E-state index contributed by atoms with van der Waals surface area (Å²) >= 11 is 0. The number of hydrogen-bond donors (Lipinski definition) is 3. The van der Waals surface area contributed by atoms with Crippen LogP contribution < -0.4 is 5.73 Å². The second-order valence-electron chi connectivity index (χ2n) is 4.15. The van der Waals surface area contributed by atoms with Crippen molar-refractivity contribution in [2.75, 3.05) is 5.73 Å². The minimum absolute atomic E-state index is 0.106. The fraction of sp³-hybridized carbons (Fsp3) is 0.300. The van der Waals surface area contributed by atoms with Gasteiger partial charge in [0.25, 0.3) is 0 Å². The lowest BCUT2D eigenvalue weighted by molar-refractivity contribution is -0.0124. The largest absolute Gasteiger partial charge is 0.463 e. The lowest BCUT2D eigenvalue weighted by Gasteiger charge is -2.15. The highest BCUT2D eigenvalue weighted by Crippen LogP contribution is 2.35. The summed E-state index contributed by atoms with van der Waals surface area (Å²) in [4.78, 5) is 11.6. The molecule has 0 aromatic carbocycles. The Morgan fingerprint density at radius 2 is 2.05 bits per heavy atom. The molecule has 0 bridgehead atoms. The predicted octanol–water partition coefficient (Wildman–Crippen LogP) is -0.233. The standard InChI is InChI=1S/C10H9F2N5O3/c11-7(12)6-4(18)5(19)10(20-6)17-2-16-3-8(13)14-1-15-9(3)17/h1-2,4-5,10,18-19H,(H2,13,14,15)/t4-,5+,10+/m0/s1. The molecule has 0 amide bonds. The number of halogens is 2. The summed E-state index contributed by atoms with van der Waals surface area (Å²) in [6, 6.07) is 0. The van der Waals surface area contributed by atoms with E-state index in [4.69, 9.17) is 10.5 Å². The zero-order chi connectivity index (χ0) is 14.4. The maximum absolute atomic E-state index is 12.6. The molecular weight excluding hydrogens is 276 g/mol. The second-order valence-corrected chi connectivity index (χ2v) is 4.15. The molecule has 1 aliphatic heterocycles. The smallest absolute Gasteiger partial charge is 0.310 e. The lowest BCUT2D eigenvalue weighted by Crippen LogP contribution is -2.27. The molecule has 8 nitrogen and oxygen atoms in total. The number of imidazole rings is 1. The Balaban J connectivity index is 2.09. The zero-order valence-corrected chi connectivity index (χ0v) is 9.81. The van der Waals surface area contributed by atoms with Crippen molar-refractivity contribution >= 4 is 17.0 Å². The molecule has 20 heavy (non-hydrogen) atoms. The molecule has 1 fully saturated rings. The Bertz CT molecular complexity index is 699. The van der Waals surface area contributed by atoms with E-state index >= 15 is 0 Å². The van der Waals surface area contributed by atoms with Gasteiger partial charge in [0, 0.05) is 0 Å². The highest BCUT2D eigenvalue weighted by atomic mass is 19.3. The summed E-state index contributed by atoms with van der Waals surface area (Å²) < 4.78 is 31.2. The maximum atomic E-state index is 12.6. The van der Waals surface area contributed by atoms with Crippen LogP contribution in [0, 0.1) is 0 Å². The van der Waals surface area contributed by atoms with Crippen molar-refractivity contribution in [3.8, 4) is 0 Å². The van der Waals surface area contributed by atoms with Crippen molar-refractivity contribution in [2.24, 2.45) is 0 Å². The number of rotatable bonds is 1. The first-order valence-electron chi connectivity index (χ1n) is 5.51. The minimum atomic E-state index is -2.20. The Kier molecular flexibility index (Phi) is 2.76. The summed E-state index contributed by atoms with van der Waals surface area (Å²) in [6.45, 7) is 0. The van der Waals surface area contributed by atoms with Gasteiger partial charge < -0.3 is 20.7 Å². The third-order valence-corrected chi connectivity index (χ3v) is 2.98. The number of ether oxygens (including phenoxy) is 1. The molecule has 2 aromatic heterocycles. The molecule has 4 N–H and O–H groups in total. The summed E-state index contributed by atoms with van der Waals surface area (Å²) in [5.74, 6) is -0.861. The topological polar surface area (TPSA) is 119 Å². The molecule has 1 aliphatic rings. The molecule has 0 spiro atoms. The quantitative estimate of drug-likeness (QED) is 0.661. The summed E-state index contributed by atoms with van der Waals surface area (Å²) in [7, 11) is 0. The number of fused-ring (bicyclic) bond motifs is 1. The van der Waals surface area contributed by atoms with Crippen molar-refractivity contribution in [3.05, 3.63) is 24.5 Å². The van der Waals surface area contributed by atoms with Crippen molar-refractivity contribution < 1.29 is 23.7 Å². The van der Waals surface area contributed by atoms with Gasteiger partial charge in [0.2, 0.25) is 6.23 Å². The van der Waals surface area contributed by atoms with Gasteiger partial charge in [0.1, 0.15) is 30.4 Å². The molecule has 0 saturated carbocycles. The highest BCUT2D eigenvalue weighted by molar-refractivity contribution is 5.81. The van der Waals surface area contributed by atoms with Crippen molar-refractivity contribution in [3.63, 3.8) is 0 Å². The Labute approximate surface area is 110 Å². The summed E-state index contributed by atoms with van der Waals surface area (Å²) in [5.41, 5.74) is 6.05. The molecule has 3 heterocycles. The first-order chi connectivity index (χ1) is 9.50. The van der Waals surface area contributed by atoms with E-state index in [1.165, 1.54) is 17.2 Å². The van der Waals surface area contributed by atoms with Crippen LogP contribution in [0.4, 0.5) is 14.6 Å². The Morgan fingerprint density at radius 1 is 1.30 bits per heavy atom. The van der Waals surface area contributed by atoms with E-state index in [0.29, 0.717) is 0 Å². The van der Waals surface area contributed by atoms with E-state index < -0.39 is 30.3 Å². The number of nitrogens with two attached hydrogens (primary N) is 1. The van der Waals surface area contributed by atoms with E-state index in [0.717, 1.165) is 0 Å². The van der Waals surface area contributed by atoms with Gasteiger partial charge in [-0.3, -0.25) is 4.57 Å². The normalized spacial score (nSPS) is 26.0. The van der Waals surface area contributed by atoms with Crippen LogP contribution in [0.5, 0.6) is 0 Å². The van der Waals surface area contributed by atoms with Gasteiger partial charge in [0.05, 0.1) is 0 Å². The molecule has 0 radical (unpaired) electrons. The average molecular weight is 285 g/mol. The van der Waals surface area contributed by atoms with Crippen LogP contribution in [0.3, 0.4) is 0 Å². The second kappa shape index (κ2) is 4.35. The lowest BCUT2D eigenvalue weighted by atomic mass is 10.2. The number of aromatic nitrogens is 4. The highest BCUT2D eigenvalue weighted by Gasteiger charge is 2.44. The van der Waals surface area contributed by atoms with Gasteiger partial charge in [-0.05, 0) is 0 Å². The molecule has 1 saturated heterocycles. The van der Waals surface area contributed by atoms with E-state index in [9.17, 15) is 19.0 Å². The van der Waals surface area contributed by atoms with E-state index in [1.807, 2.05) is 0 Å². The number of aliphatic hydroxyl groups excluding tert-OH is 2. The SMILES string of the molecule is Nc1ncnc2c1ncn2[C@@H]1OC(=C(F)F)[C@@H](O)[C@H]1O. The summed E-state index contributed by atoms with van der Waals surface area (Å²) in [5, 5.41) is 19.3. The molecule has 106 valence electrons. The molecular formula is C10H9F2N5O3. The zero-order valence-electron chi connectivity index (χ0n) is 9.81. The average Bonchev–Trinajstić information content (AvgIpc) is 2.94. The van der Waals surface area contributed by atoms with Gasteiger partial charge in [-0.1, -0.05) is 0 Å². The Hall–Kier alpha value is -2.33. The van der Waals surface area contributed by atoms with Gasteiger partial charge in [-0.2, -0.15) is 8.78 Å². The van der Waals surface area contributed by atoms with Gasteiger partial charge in [-0.15, -0.1) is 0 Å². The molecule has 2 aromatic rings. The minimum Gasteiger partial charge on any atom is -0.463 e. The first-order valence-corrected chi connectivity index (χ1v) is 5.51. The predicted molar refractivity (Wildman–Crippen MR) is 61.1 cm³/mol. The number of anilines is 1. The maximum Gasteiger partial charge on any atom is 0.310 e. The van der Waals surface area contributed by atoms with Crippen LogP contribution >= 0.6 is 0 Å².